The van der Waals surface area contributed by atoms with E-state index in [0.29, 0.717) is 0 Å². The predicted molar refractivity (Wildman–Crippen MR) is 72.6 cm³/mol. The van der Waals surface area contributed by atoms with E-state index < -0.39 is 11.9 Å². The van der Waals surface area contributed by atoms with E-state index in [0.717, 1.165) is 12.2 Å². The molecule has 0 aromatic rings. The average molecular weight is 284 g/mol. The van der Waals surface area contributed by atoms with Crippen molar-refractivity contribution >= 4 is 11.9 Å². The predicted octanol–water partition coefficient (Wildman–Crippen LogP) is 1.73. The normalized spacial score (nSPS) is 11.1. The molecule has 0 aliphatic rings. The van der Waals surface area contributed by atoms with Crippen molar-refractivity contribution in [1.82, 2.24) is 0 Å². The van der Waals surface area contributed by atoms with Crippen LogP contribution in [0.25, 0.3) is 0 Å². The van der Waals surface area contributed by atoms with Gasteiger partial charge in [0.1, 0.15) is 26.4 Å². The minimum absolute atomic E-state index is 0.111. The third-order valence-corrected chi connectivity index (χ3v) is 1.71. The van der Waals surface area contributed by atoms with E-state index in [4.69, 9.17) is 18.9 Å². The topological polar surface area (TPSA) is 71.1 Å². The smallest absolute Gasteiger partial charge is 0.331 e. The van der Waals surface area contributed by atoms with Gasteiger partial charge in [-0.2, -0.15) is 0 Å². The Kier molecular flexibility index (Phi) is 11.7. The highest BCUT2D eigenvalue weighted by molar-refractivity contribution is 5.91. The Morgan fingerprint density at radius 3 is 1.50 bits per heavy atom. The Hall–Kier alpha value is -2.24. The Morgan fingerprint density at radius 2 is 1.15 bits per heavy atom. The first-order valence-corrected chi connectivity index (χ1v) is 6.17. The molecular formula is C14H20O6. The molecule has 0 radical (unpaired) electrons. The summed E-state index contributed by atoms with van der Waals surface area (Å²) in [6.07, 6.45) is 8.44. The van der Waals surface area contributed by atoms with E-state index >= 15 is 0 Å². The first kappa shape index (κ1) is 17.8. The quantitative estimate of drug-likeness (QED) is 0.263. The van der Waals surface area contributed by atoms with Crippen LogP contribution >= 0.6 is 0 Å². The SMILES string of the molecule is CC=COCCOC(=O)/C=C\C(=O)OCCOC=CC. The summed E-state index contributed by atoms with van der Waals surface area (Å²) in [4.78, 5) is 22.3. The Bertz CT molecular complexity index is 323. The molecule has 0 heterocycles. The molecule has 0 bridgehead atoms. The fourth-order valence-electron chi connectivity index (χ4n) is 0.942. The lowest BCUT2D eigenvalue weighted by Gasteiger charge is -2.02. The van der Waals surface area contributed by atoms with E-state index in [1.165, 1.54) is 12.5 Å². The first-order chi connectivity index (χ1) is 9.70. The summed E-state index contributed by atoms with van der Waals surface area (Å²) >= 11 is 0. The van der Waals surface area contributed by atoms with Crippen molar-refractivity contribution in [2.24, 2.45) is 0 Å². The number of hydrogen-bond acceptors (Lipinski definition) is 6. The number of hydrogen-bond donors (Lipinski definition) is 0. The standard InChI is InChI=1S/C14H20O6/c1-3-7-17-9-11-19-13(15)5-6-14(16)20-12-10-18-8-4-2/h3-8H,9-12H2,1-2H3/b6-5-,7-3?,8-4?. The molecule has 0 saturated heterocycles. The fourth-order valence-corrected chi connectivity index (χ4v) is 0.942. The summed E-state index contributed by atoms with van der Waals surface area (Å²) in [6, 6.07) is 0. The van der Waals surface area contributed by atoms with Crippen molar-refractivity contribution in [2.45, 2.75) is 13.8 Å². The van der Waals surface area contributed by atoms with Gasteiger partial charge in [0.2, 0.25) is 0 Å². The number of ether oxygens (including phenoxy) is 4. The van der Waals surface area contributed by atoms with Gasteiger partial charge in [-0.15, -0.1) is 0 Å². The summed E-state index contributed by atoms with van der Waals surface area (Å²) in [5, 5.41) is 0. The molecule has 112 valence electrons. The lowest BCUT2D eigenvalue weighted by molar-refractivity contribution is -0.141. The number of carbonyl (C=O) groups excluding carboxylic acids is 2. The molecule has 0 saturated carbocycles. The molecule has 0 atom stereocenters. The van der Waals surface area contributed by atoms with Crippen molar-refractivity contribution in [3.05, 3.63) is 36.8 Å². The molecule has 0 aromatic heterocycles. The van der Waals surface area contributed by atoms with Gasteiger partial charge in [0, 0.05) is 12.2 Å². The third kappa shape index (κ3) is 12.2. The van der Waals surface area contributed by atoms with E-state index in [9.17, 15) is 9.59 Å². The zero-order chi connectivity index (χ0) is 15.1. The highest BCUT2D eigenvalue weighted by Gasteiger charge is 2.00. The average Bonchev–Trinajstić information content (AvgIpc) is 2.44. The molecule has 0 aliphatic heterocycles. The van der Waals surface area contributed by atoms with Gasteiger partial charge < -0.3 is 18.9 Å². The molecule has 0 amide bonds. The summed E-state index contributed by atoms with van der Waals surface area (Å²) < 4.78 is 19.4. The van der Waals surface area contributed by atoms with Crippen LogP contribution < -0.4 is 0 Å². The lowest BCUT2D eigenvalue weighted by Crippen LogP contribution is -2.09. The summed E-state index contributed by atoms with van der Waals surface area (Å²) in [5.41, 5.74) is 0. The van der Waals surface area contributed by atoms with Crippen LogP contribution in [0.15, 0.2) is 36.8 Å². The molecule has 0 spiro atoms. The van der Waals surface area contributed by atoms with E-state index in [1.807, 2.05) is 13.8 Å². The van der Waals surface area contributed by atoms with Crippen LogP contribution in [0, 0.1) is 0 Å². The van der Waals surface area contributed by atoms with E-state index in [-0.39, 0.29) is 26.4 Å². The van der Waals surface area contributed by atoms with Crippen LogP contribution in [-0.4, -0.2) is 38.4 Å². The summed E-state index contributed by atoms with van der Waals surface area (Å²) in [7, 11) is 0. The largest absolute Gasteiger partial charge is 0.498 e. The van der Waals surface area contributed by atoms with Gasteiger partial charge in [-0.1, -0.05) is 12.2 Å². The zero-order valence-electron chi connectivity index (χ0n) is 11.7. The third-order valence-electron chi connectivity index (χ3n) is 1.71. The van der Waals surface area contributed by atoms with Crippen molar-refractivity contribution in [2.75, 3.05) is 26.4 Å². The highest BCUT2D eigenvalue weighted by atomic mass is 16.6. The van der Waals surface area contributed by atoms with Gasteiger partial charge in [-0.3, -0.25) is 0 Å². The second kappa shape index (κ2) is 13.2. The molecule has 6 heteroatoms. The molecule has 0 rings (SSSR count). The van der Waals surface area contributed by atoms with Gasteiger partial charge in [0.05, 0.1) is 12.5 Å². The summed E-state index contributed by atoms with van der Waals surface area (Å²) in [5.74, 6) is -1.26. The fraction of sp³-hybridized carbons (Fsp3) is 0.429. The maximum atomic E-state index is 11.2. The molecule has 6 nitrogen and oxygen atoms in total. The second-order valence-corrected chi connectivity index (χ2v) is 3.35. The maximum Gasteiger partial charge on any atom is 0.331 e. The molecule has 0 aliphatic carbocycles. The van der Waals surface area contributed by atoms with Gasteiger partial charge >= 0.3 is 11.9 Å². The number of esters is 2. The molecule has 0 N–H and O–H groups in total. The van der Waals surface area contributed by atoms with Crippen molar-refractivity contribution in [1.29, 1.82) is 0 Å². The van der Waals surface area contributed by atoms with Crippen molar-refractivity contribution in [3.8, 4) is 0 Å². The van der Waals surface area contributed by atoms with Gasteiger partial charge in [0.15, 0.2) is 0 Å². The molecule has 0 fully saturated rings. The lowest BCUT2D eigenvalue weighted by atomic mass is 10.5. The maximum absolute atomic E-state index is 11.2. The monoisotopic (exact) mass is 284 g/mol. The van der Waals surface area contributed by atoms with Crippen LogP contribution in [0.2, 0.25) is 0 Å². The molecule has 0 aromatic carbocycles. The van der Waals surface area contributed by atoms with E-state index in [2.05, 4.69) is 0 Å². The van der Waals surface area contributed by atoms with Crippen LogP contribution in [-0.2, 0) is 28.5 Å². The summed E-state index contributed by atoms with van der Waals surface area (Å²) in [6.45, 7) is 4.36. The van der Waals surface area contributed by atoms with Crippen molar-refractivity contribution < 1.29 is 28.5 Å². The minimum atomic E-state index is -0.629. The number of rotatable bonds is 10. The van der Waals surface area contributed by atoms with Crippen LogP contribution in [0.5, 0.6) is 0 Å². The Labute approximate surface area is 118 Å². The van der Waals surface area contributed by atoms with Crippen molar-refractivity contribution in [3.63, 3.8) is 0 Å². The Balaban J connectivity index is 3.64. The zero-order valence-corrected chi connectivity index (χ0v) is 11.7. The number of carbonyl (C=O) groups is 2. The second-order valence-electron chi connectivity index (χ2n) is 3.35. The molecule has 20 heavy (non-hydrogen) atoms. The highest BCUT2D eigenvalue weighted by Crippen LogP contribution is 1.88. The Morgan fingerprint density at radius 1 is 0.750 bits per heavy atom. The van der Waals surface area contributed by atoms with Gasteiger partial charge in [-0.05, 0) is 13.8 Å². The number of allylic oxidation sites excluding steroid dienone is 2. The van der Waals surface area contributed by atoms with Crippen LogP contribution in [0.4, 0.5) is 0 Å². The van der Waals surface area contributed by atoms with Crippen LogP contribution in [0.3, 0.4) is 0 Å². The molecular weight excluding hydrogens is 264 g/mol. The molecule has 0 unspecified atom stereocenters. The van der Waals surface area contributed by atoms with E-state index in [1.54, 1.807) is 12.2 Å². The van der Waals surface area contributed by atoms with Crippen LogP contribution in [0.1, 0.15) is 13.8 Å². The minimum Gasteiger partial charge on any atom is -0.498 e. The van der Waals surface area contributed by atoms with Gasteiger partial charge in [-0.25, -0.2) is 9.59 Å². The first-order valence-electron chi connectivity index (χ1n) is 6.17. The van der Waals surface area contributed by atoms with Gasteiger partial charge in [0.25, 0.3) is 0 Å².